The van der Waals surface area contributed by atoms with Gasteiger partial charge in [-0.05, 0) is 37.1 Å². The molecule has 19 heavy (non-hydrogen) atoms. The van der Waals surface area contributed by atoms with Gasteiger partial charge in [-0.2, -0.15) is 0 Å². The fourth-order valence-electron chi connectivity index (χ4n) is 1.74. The van der Waals surface area contributed by atoms with Crippen LogP contribution in [0.4, 0.5) is 0 Å². The molecule has 1 rings (SSSR count). The highest BCUT2D eigenvalue weighted by atomic mass is 32.2. The van der Waals surface area contributed by atoms with Crippen molar-refractivity contribution in [3.63, 3.8) is 0 Å². The Labute approximate surface area is 118 Å². The minimum atomic E-state index is -0.170. The molecule has 1 heterocycles. The summed E-state index contributed by atoms with van der Waals surface area (Å²) in [5.41, 5.74) is 0. The molecule has 1 amide bonds. The average molecular weight is 285 g/mol. The summed E-state index contributed by atoms with van der Waals surface area (Å²) in [4.78, 5) is 14.0. The molecule has 1 aromatic heterocycles. The van der Waals surface area contributed by atoms with Gasteiger partial charge in [0.05, 0.1) is 5.25 Å². The van der Waals surface area contributed by atoms with E-state index >= 15 is 0 Å². The van der Waals surface area contributed by atoms with Crippen LogP contribution in [0.15, 0.2) is 5.16 Å². The second kappa shape index (κ2) is 7.47. The zero-order chi connectivity index (χ0) is 14.4. The van der Waals surface area contributed by atoms with Gasteiger partial charge in [-0.1, -0.05) is 25.6 Å². The van der Waals surface area contributed by atoms with Crippen molar-refractivity contribution in [2.75, 3.05) is 13.1 Å². The molecule has 0 aliphatic heterocycles. The fourth-order valence-corrected chi connectivity index (χ4v) is 2.62. The van der Waals surface area contributed by atoms with Crippen molar-refractivity contribution in [2.45, 2.75) is 51.6 Å². The molecule has 0 spiro atoms. The second-order valence-corrected chi connectivity index (χ2v) is 6.12. The van der Waals surface area contributed by atoms with Gasteiger partial charge in [-0.15, -0.1) is 5.10 Å². The number of nitrogens with zero attached hydrogens (tertiary/aromatic N) is 5. The molecule has 0 aromatic carbocycles. The quantitative estimate of drug-likeness (QED) is 0.713. The van der Waals surface area contributed by atoms with Gasteiger partial charge in [-0.25, -0.2) is 4.68 Å². The molecule has 6 nitrogen and oxygen atoms in total. The van der Waals surface area contributed by atoms with E-state index in [4.69, 9.17) is 0 Å². The Kier molecular flexibility index (Phi) is 6.27. The molecular formula is C12H23N5OS. The molecule has 1 aromatic rings. The van der Waals surface area contributed by atoms with Gasteiger partial charge in [0, 0.05) is 19.6 Å². The highest BCUT2D eigenvalue weighted by molar-refractivity contribution is 8.00. The van der Waals surface area contributed by atoms with Crippen LogP contribution in [-0.2, 0) is 11.3 Å². The van der Waals surface area contributed by atoms with Crippen molar-refractivity contribution in [3.8, 4) is 0 Å². The third kappa shape index (κ3) is 4.49. The second-order valence-electron chi connectivity index (χ2n) is 4.81. The number of hydrogen-bond acceptors (Lipinski definition) is 5. The zero-order valence-corrected chi connectivity index (χ0v) is 13.1. The predicted octanol–water partition coefficient (Wildman–Crippen LogP) is 1.68. The lowest BCUT2D eigenvalue weighted by Crippen LogP contribution is -2.36. The molecular weight excluding hydrogens is 262 g/mol. The summed E-state index contributed by atoms with van der Waals surface area (Å²) in [6, 6.07) is 0. The van der Waals surface area contributed by atoms with E-state index in [0.717, 1.165) is 19.6 Å². The van der Waals surface area contributed by atoms with Crippen LogP contribution >= 0.6 is 11.8 Å². The SMILES string of the molecule is CCN(CC)C(=O)C(C)Sc1nnnn1CC(C)C. The van der Waals surface area contributed by atoms with Crippen LogP contribution in [0.2, 0.25) is 0 Å². The van der Waals surface area contributed by atoms with Gasteiger partial charge < -0.3 is 4.90 Å². The van der Waals surface area contributed by atoms with E-state index in [-0.39, 0.29) is 11.2 Å². The summed E-state index contributed by atoms with van der Waals surface area (Å²) in [5, 5.41) is 12.2. The van der Waals surface area contributed by atoms with E-state index in [0.29, 0.717) is 11.1 Å². The van der Waals surface area contributed by atoms with Gasteiger partial charge in [0.1, 0.15) is 0 Å². The van der Waals surface area contributed by atoms with Gasteiger partial charge in [0.25, 0.3) is 0 Å². The van der Waals surface area contributed by atoms with Crippen LogP contribution in [0.1, 0.15) is 34.6 Å². The van der Waals surface area contributed by atoms with Crippen LogP contribution in [0.3, 0.4) is 0 Å². The molecule has 0 saturated carbocycles. The number of amides is 1. The Morgan fingerprint density at radius 3 is 2.47 bits per heavy atom. The lowest BCUT2D eigenvalue weighted by Gasteiger charge is -2.22. The Hall–Kier alpha value is -1.11. The van der Waals surface area contributed by atoms with Gasteiger partial charge >= 0.3 is 0 Å². The molecule has 1 unspecified atom stereocenters. The maximum atomic E-state index is 12.2. The number of hydrogen-bond donors (Lipinski definition) is 0. The van der Waals surface area contributed by atoms with Crippen LogP contribution in [0.25, 0.3) is 0 Å². The molecule has 1 atom stereocenters. The lowest BCUT2D eigenvalue weighted by atomic mass is 10.2. The monoisotopic (exact) mass is 285 g/mol. The lowest BCUT2D eigenvalue weighted by molar-refractivity contribution is -0.129. The topological polar surface area (TPSA) is 63.9 Å². The molecule has 0 saturated heterocycles. The fraction of sp³-hybridized carbons (Fsp3) is 0.833. The van der Waals surface area contributed by atoms with E-state index in [1.54, 1.807) is 4.68 Å². The van der Waals surface area contributed by atoms with E-state index < -0.39 is 0 Å². The average Bonchev–Trinajstić information content (AvgIpc) is 2.77. The molecule has 0 radical (unpaired) electrons. The Balaban J connectivity index is 2.68. The molecule has 0 fully saturated rings. The van der Waals surface area contributed by atoms with Crippen molar-refractivity contribution in [3.05, 3.63) is 0 Å². The highest BCUT2D eigenvalue weighted by Crippen LogP contribution is 2.22. The van der Waals surface area contributed by atoms with Gasteiger partial charge in [-0.3, -0.25) is 4.79 Å². The van der Waals surface area contributed by atoms with Gasteiger partial charge in [0.2, 0.25) is 11.1 Å². The summed E-state index contributed by atoms with van der Waals surface area (Å²) < 4.78 is 1.77. The minimum Gasteiger partial charge on any atom is -0.342 e. The van der Waals surface area contributed by atoms with E-state index in [9.17, 15) is 4.79 Å². The van der Waals surface area contributed by atoms with Crippen molar-refractivity contribution >= 4 is 17.7 Å². The van der Waals surface area contributed by atoms with Crippen LogP contribution in [-0.4, -0.2) is 49.4 Å². The molecule has 0 aliphatic carbocycles. The van der Waals surface area contributed by atoms with Crippen molar-refractivity contribution in [2.24, 2.45) is 5.92 Å². The molecule has 108 valence electrons. The van der Waals surface area contributed by atoms with Crippen LogP contribution in [0, 0.1) is 5.92 Å². The third-order valence-electron chi connectivity index (χ3n) is 2.74. The summed E-state index contributed by atoms with van der Waals surface area (Å²) >= 11 is 1.42. The smallest absolute Gasteiger partial charge is 0.235 e. The Morgan fingerprint density at radius 1 is 1.32 bits per heavy atom. The number of carbonyl (C=O) groups is 1. The first-order chi connectivity index (χ1) is 8.99. The summed E-state index contributed by atoms with van der Waals surface area (Å²) in [6.45, 7) is 12.3. The molecule has 0 aliphatic rings. The largest absolute Gasteiger partial charge is 0.342 e. The van der Waals surface area contributed by atoms with Gasteiger partial charge in [0.15, 0.2) is 0 Å². The van der Waals surface area contributed by atoms with E-state index in [1.165, 1.54) is 11.8 Å². The zero-order valence-electron chi connectivity index (χ0n) is 12.3. The molecule has 7 heteroatoms. The first-order valence-electron chi connectivity index (χ1n) is 6.71. The van der Waals surface area contributed by atoms with E-state index in [2.05, 4.69) is 29.4 Å². The highest BCUT2D eigenvalue weighted by Gasteiger charge is 2.22. The number of rotatable bonds is 7. The normalized spacial score (nSPS) is 12.7. The predicted molar refractivity (Wildman–Crippen MR) is 75.9 cm³/mol. The first kappa shape index (κ1) is 15.9. The summed E-state index contributed by atoms with van der Waals surface area (Å²) in [5.74, 6) is 0.603. The summed E-state index contributed by atoms with van der Waals surface area (Å²) in [7, 11) is 0. The van der Waals surface area contributed by atoms with Crippen LogP contribution in [0.5, 0.6) is 0 Å². The first-order valence-corrected chi connectivity index (χ1v) is 7.59. The minimum absolute atomic E-state index is 0.133. The van der Waals surface area contributed by atoms with Crippen molar-refractivity contribution in [1.82, 2.24) is 25.1 Å². The standard InChI is InChI=1S/C12H23N5OS/c1-6-16(7-2)11(18)10(5)19-12-13-14-15-17(12)8-9(3)4/h9-10H,6-8H2,1-5H3. The van der Waals surface area contributed by atoms with E-state index in [1.807, 2.05) is 25.7 Å². The van der Waals surface area contributed by atoms with Crippen molar-refractivity contribution in [1.29, 1.82) is 0 Å². The molecule has 0 N–H and O–H groups in total. The molecule has 0 bridgehead atoms. The maximum absolute atomic E-state index is 12.2. The third-order valence-corrected chi connectivity index (χ3v) is 3.80. The Morgan fingerprint density at radius 2 is 1.95 bits per heavy atom. The number of tetrazole rings is 1. The maximum Gasteiger partial charge on any atom is 0.235 e. The number of aromatic nitrogens is 4. The van der Waals surface area contributed by atoms with Crippen LogP contribution < -0.4 is 0 Å². The summed E-state index contributed by atoms with van der Waals surface area (Å²) in [6.07, 6.45) is 0. The van der Waals surface area contributed by atoms with Crippen molar-refractivity contribution < 1.29 is 4.79 Å². The number of carbonyl (C=O) groups excluding carboxylic acids is 1. The Bertz CT molecular complexity index is 403. The number of thioether (sulfide) groups is 1.